The van der Waals surface area contributed by atoms with E-state index in [0.29, 0.717) is 42.1 Å². The number of halogens is 1. The lowest BCUT2D eigenvalue weighted by Gasteiger charge is -2.40. The summed E-state index contributed by atoms with van der Waals surface area (Å²) in [5, 5.41) is 0. The van der Waals surface area contributed by atoms with E-state index in [1.165, 1.54) is 6.07 Å². The summed E-state index contributed by atoms with van der Waals surface area (Å²) >= 11 is 0. The monoisotopic (exact) mass is 412 g/mol. The molecule has 0 aliphatic carbocycles. The molecule has 30 heavy (non-hydrogen) atoms. The number of hydrogen-bond donors (Lipinski definition) is 0. The van der Waals surface area contributed by atoms with Crippen LogP contribution in [0.25, 0.3) is 11.1 Å². The quantitative estimate of drug-likeness (QED) is 0.712. The van der Waals surface area contributed by atoms with E-state index in [4.69, 9.17) is 9.47 Å². The smallest absolute Gasteiger partial charge is 0.410 e. The van der Waals surface area contributed by atoms with Gasteiger partial charge < -0.3 is 19.3 Å². The van der Waals surface area contributed by atoms with Crippen molar-refractivity contribution in [1.82, 2.24) is 9.80 Å². The van der Waals surface area contributed by atoms with Crippen LogP contribution in [0.2, 0.25) is 0 Å². The molecule has 2 aromatic carbocycles. The first-order valence-corrected chi connectivity index (χ1v) is 10.0. The van der Waals surface area contributed by atoms with Crippen LogP contribution in [0.3, 0.4) is 0 Å². The van der Waals surface area contributed by atoms with E-state index >= 15 is 0 Å². The molecule has 158 valence electrons. The van der Waals surface area contributed by atoms with E-state index in [1.54, 1.807) is 46.2 Å². The average molecular weight is 412 g/mol. The van der Waals surface area contributed by atoms with Crippen LogP contribution in [-0.2, 0) is 4.74 Å². The molecule has 4 rings (SSSR count). The van der Waals surface area contributed by atoms with E-state index in [2.05, 4.69) is 0 Å². The Bertz CT molecular complexity index is 985. The Labute approximate surface area is 175 Å². The summed E-state index contributed by atoms with van der Waals surface area (Å²) in [6.07, 6.45) is -0.400. The highest BCUT2D eigenvalue weighted by atomic mass is 19.1. The third-order valence-corrected chi connectivity index (χ3v) is 5.23. The molecule has 1 unspecified atom stereocenters. The fraction of sp³-hybridized carbons (Fsp3) is 0.391. The molecule has 0 aromatic heterocycles. The number of carbonyl (C=O) groups is 2. The Morgan fingerprint density at radius 3 is 2.57 bits per heavy atom. The first-order chi connectivity index (χ1) is 14.2. The molecule has 2 aromatic rings. The molecule has 0 saturated carbocycles. The lowest BCUT2D eigenvalue weighted by Crippen LogP contribution is -2.58. The van der Waals surface area contributed by atoms with Crippen LogP contribution in [-0.4, -0.2) is 59.7 Å². The van der Waals surface area contributed by atoms with E-state index in [-0.39, 0.29) is 18.6 Å². The van der Waals surface area contributed by atoms with Gasteiger partial charge in [0.2, 0.25) is 0 Å². The number of nitrogens with zero attached hydrogens (tertiary/aromatic N) is 2. The van der Waals surface area contributed by atoms with Crippen LogP contribution in [0.5, 0.6) is 5.75 Å². The van der Waals surface area contributed by atoms with Gasteiger partial charge in [-0.05, 0) is 32.9 Å². The van der Waals surface area contributed by atoms with Gasteiger partial charge >= 0.3 is 6.09 Å². The Balaban J connectivity index is 1.63. The Hall–Kier alpha value is -3.09. The molecule has 1 fully saturated rings. The van der Waals surface area contributed by atoms with Gasteiger partial charge in [0, 0.05) is 30.8 Å². The Morgan fingerprint density at radius 2 is 1.83 bits per heavy atom. The van der Waals surface area contributed by atoms with Gasteiger partial charge in [0.05, 0.1) is 11.6 Å². The van der Waals surface area contributed by atoms with Crippen molar-refractivity contribution < 1.29 is 23.5 Å². The topological polar surface area (TPSA) is 59.1 Å². The second-order valence-corrected chi connectivity index (χ2v) is 8.55. The fourth-order valence-corrected chi connectivity index (χ4v) is 3.86. The summed E-state index contributed by atoms with van der Waals surface area (Å²) < 4.78 is 25.9. The van der Waals surface area contributed by atoms with Crippen LogP contribution in [0, 0.1) is 5.82 Å². The van der Waals surface area contributed by atoms with Crippen molar-refractivity contribution in [1.29, 1.82) is 0 Å². The maximum atomic E-state index is 14.5. The van der Waals surface area contributed by atoms with E-state index in [1.807, 2.05) is 20.8 Å². The maximum Gasteiger partial charge on any atom is 0.410 e. The third kappa shape index (κ3) is 3.84. The minimum absolute atomic E-state index is 0.213. The number of fused-ring (bicyclic) bond motifs is 2. The van der Waals surface area contributed by atoms with Crippen molar-refractivity contribution in [3.8, 4) is 16.9 Å². The molecule has 0 spiro atoms. The van der Waals surface area contributed by atoms with Crippen molar-refractivity contribution in [3.63, 3.8) is 0 Å². The van der Waals surface area contributed by atoms with Crippen LogP contribution < -0.4 is 4.74 Å². The number of ether oxygens (including phenoxy) is 2. The van der Waals surface area contributed by atoms with Crippen LogP contribution >= 0.6 is 0 Å². The number of hydrogen-bond acceptors (Lipinski definition) is 4. The summed E-state index contributed by atoms with van der Waals surface area (Å²) in [5.74, 6) is -0.177. The summed E-state index contributed by atoms with van der Waals surface area (Å²) in [5.41, 5.74) is 0.633. The largest absolute Gasteiger partial charge is 0.491 e. The molecule has 6 nitrogen and oxygen atoms in total. The highest BCUT2D eigenvalue weighted by Crippen LogP contribution is 2.36. The Kier molecular flexibility index (Phi) is 5.13. The number of piperazine rings is 1. The molecule has 0 N–H and O–H groups in total. The minimum atomic E-state index is -0.588. The zero-order chi connectivity index (χ0) is 21.5. The number of rotatable bonds is 1. The molecule has 7 heteroatoms. The molecule has 2 aliphatic heterocycles. The van der Waals surface area contributed by atoms with Gasteiger partial charge in [-0.2, -0.15) is 0 Å². The van der Waals surface area contributed by atoms with Crippen LogP contribution in [0.4, 0.5) is 9.18 Å². The average Bonchev–Trinajstić information content (AvgIpc) is 2.84. The molecule has 2 amide bonds. The molecular weight excluding hydrogens is 387 g/mol. The highest BCUT2D eigenvalue weighted by molar-refractivity contribution is 6.04. The first kappa shape index (κ1) is 20.2. The van der Waals surface area contributed by atoms with E-state index in [0.717, 1.165) is 0 Å². The number of benzene rings is 2. The lowest BCUT2D eigenvalue weighted by molar-refractivity contribution is 0.000957. The Morgan fingerprint density at radius 1 is 1.10 bits per heavy atom. The standard InChI is InChI=1S/C23H25FN2O4/c1-23(2,3)30-22(28)25-11-12-26-15(13-25)14-29-19-10-6-8-17(20(19)21(26)27)16-7-4-5-9-18(16)24/h4-10,15H,11-14H2,1-3H3. The maximum absolute atomic E-state index is 14.5. The summed E-state index contributed by atoms with van der Waals surface area (Å²) in [6, 6.07) is 11.3. The van der Waals surface area contributed by atoms with Gasteiger partial charge in [0.25, 0.3) is 5.91 Å². The van der Waals surface area contributed by atoms with Gasteiger partial charge in [-0.15, -0.1) is 0 Å². The molecule has 0 radical (unpaired) electrons. The summed E-state index contributed by atoms with van der Waals surface area (Å²) in [6.45, 7) is 6.76. The molecule has 1 atom stereocenters. The van der Waals surface area contributed by atoms with Gasteiger partial charge in [-0.3, -0.25) is 4.79 Å². The van der Waals surface area contributed by atoms with Crippen molar-refractivity contribution in [2.45, 2.75) is 32.4 Å². The van der Waals surface area contributed by atoms with Gasteiger partial charge in [0.15, 0.2) is 0 Å². The van der Waals surface area contributed by atoms with Crippen molar-refractivity contribution >= 4 is 12.0 Å². The lowest BCUT2D eigenvalue weighted by atomic mass is 9.97. The second-order valence-electron chi connectivity index (χ2n) is 8.55. The van der Waals surface area contributed by atoms with Gasteiger partial charge in [-0.1, -0.05) is 30.3 Å². The molecular formula is C23H25FN2O4. The number of amides is 2. The van der Waals surface area contributed by atoms with Crippen LogP contribution in [0.1, 0.15) is 31.1 Å². The summed E-state index contributed by atoms with van der Waals surface area (Å²) in [7, 11) is 0. The van der Waals surface area contributed by atoms with Crippen molar-refractivity contribution in [2.24, 2.45) is 0 Å². The predicted molar refractivity (Wildman–Crippen MR) is 110 cm³/mol. The highest BCUT2D eigenvalue weighted by Gasteiger charge is 2.39. The molecule has 1 saturated heterocycles. The summed E-state index contributed by atoms with van der Waals surface area (Å²) in [4.78, 5) is 29.3. The zero-order valence-corrected chi connectivity index (χ0v) is 17.4. The SMILES string of the molecule is CC(C)(C)OC(=O)N1CCN2C(=O)c3c(cccc3-c3ccccc3F)OCC2C1. The predicted octanol–water partition coefficient (Wildman–Crippen LogP) is 3.95. The van der Waals surface area contributed by atoms with Crippen molar-refractivity contribution in [2.75, 3.05) is 26.2 Å². The molecule has 2 heterocycles. The first-order valence-electron chi connectivity index (χ1n) is 10.0. The van der Waals surface area contributed by atoms with Crippen LogP contribution in [0.15, 0.2) is 42.5 Å². The second kappa shape index (κ2) is 7.63. The van der Waals surface area contributed by atoms with E-state index < -0.39 is 17.5 Å². The minimum Gasteiger partial charge on any atom is -0.491 e. The van der Waals surface area contributed by atoms with Crippen molar-refractivity contribution in [3.05, 3.63) is 53.8 Å². The number of carbonyl (C=O) groups excluding carboxylic acids is 2. The van der Waals surface area contributed by atoms with Gasteiger partial charge in [0.1, 0.15) is 23.8 Å². The fourth-order valence-electron chi connectivity index (χ4n) is 3.86. The third-order valence-electron chi connectivity index (χ3n) is 5.23. The molecule has 0 bridgehead atoms. The normalized spacial score (nSPS) is 18.8. The zero-order valence-electron chi connectivity index (χ0n) is 17.4. The van der Waals surface area contributed by atoms with Gasteiger partial charge in [-0.25, -0.2) is 9.18 Å². The molecule has 2 aliphatic rings. The van der Waals surface area contributed by atoms with E-state index in [9.17, 15) is 14.0 Å².